The van der Waals surface area contributed by atoms with Crippen molar-refractivity contribution < 1.29 is 9.21 Å². The number of carbonyl (C=O) groups excluding carboxylic acids is 1. The van der Waals surface area contributed by atoms with Crippen LogP contribution < -0.4 is 5.56 Å². The summed E-state index contributed by atoms with van der Waals surface area (Å²) in [6, 6.07) is 13.7. The molecular formula is C27H25N3O3. The summed E-state index contributed by atoms with van der Waals surface area (Å²) in [5.41, 5.74) is 6.15. The second-order valence-electron chi connectivity index (χ2n) is 9.20. The van der Waals surface area contributed by atoms with E-state index in [1.807, 2.05) is 52.8 Å². The third-order valence-corrected chi connectivity index (χ3v) is 6.82. The number of aryl methyl sites for hydroxylation is 1. The third-order valence-electron chi connectivity index (χ3n) is 6.82. The molecule has 1 aliphatic heterocycles. The lowest BCUT2D eigenvalue weighted by Crippen LogP contribution is -2.39. The van der Waals surface area contributed by atoms with E-state index >= 15 is 0 Å². The normalized spacial score (nSPS) is 15.6. The van der Waals surface area contributed by atoms with Gasteiger partial charge in [-0.25, -0.2) is 0 Å². The van der Waals surface area contributed by atoms with Gasteiger partial charge in [-0.05, 0) is 61.1 Å². The topological polar surface area (TPSA) is 68.3 Å². The molecule has 1 aromatic carbocycles. The van der Waals surface area contributed by atoms with E-state index in [2.05, 4.69) is 4.98 Å². The first kappa shape index (κ1) is 20.0. The van der Waals surface area contributed by atoms with Gasteiger partial charge in [-0.2, -0.15) is 0 Å². The molecule has 4 heterocycles. The molecule has 0 saturated heterocycles. The molecule has 33 heavy (non-hydrogen) atoms. The molecule has 2 aliphatic rings. The number of furan rings is 1. The van der Waals surface area contributed by atoms with Crippen molar-refractivity contribution in [3.05, 3.63) is 87.9 Å². The Morgan fingerprint density at radius 3 is 2.82 bits per heavy atom. The Labute approximate surface area is 191 Å². The molecule has 0 radical (unpaired) electrons. The zero-order valence-electron chi connectivity index (χ0n) is 18.6. The minimum atomic E-state index is -0.0410. The van der Waals surface area contributed by atoms with E-state index < -0.39 is 0 Å². The fourth-order valence-corrected chi connectivity index (χ4v) is 4.90. The summed E-state index contributed by atoms with van der Waals surface area (Å²) in [7, 11) is 0. The van der Waals surface area contributed by atoms with Gasteiger partial charge in [0, 0.05) is 48.4 Å². The van der Waals surface area contributed by atoms with Crippen LogP contribution in [0.1, 0.15) is 40.2 Å². The lowest BCUT2D eigenvalue weighted by atomic mass is 9.96. The SMILES string of the molecule is Cc1ccc2c(-c3cc4c(n(CC5CC5)c3=O)CCN(C(=O)c3ccoc3)C4)cccc2n1. The van der Waals surface area contributed by atoms with Crippen LogP contribution in [0.15, 0.2) is 64.2 Å². The molecule has 166 valence electrons. The fourth-order valence-electron chi connectivity index (χ4n) is 4.90. The minimum absolute atomic E-state index is 0.0410. The molecular weight excluding hydrogens is 414 g/mol. The molecule has 1 saturated carbocycles. The summed E-state index contributed by atoms with van der Waals surface area (Å²) in [5.74, 6) is 0.533. The summed E-state index contributed by atoms with van der Waals surface area (Å²) in [6.45, 7) is 3.81. The molecule has 1 fully saturated rings. The maximum atomic E-state index is 13.8. The van der Waals surface area contributed by atoms with Crippen LogP contribution in [-0.2, 0) is 19.5 Å². The highest BCUT2D eigenvalue weighted by molar-refractivity contribution is 5.95. The Morgan fingerprint density at radius 2 is 2.03 bits per heavy atom. The summed E-state index contributed by atoms with van der Waals surface area (Å²) in [5, 5.41) is 0.972. The van der Waals surface area contributed by atoms with Gasteiger partial charge < -0.3 is 13.9 Å². The van der Waals surface area contributed by atoms with E-state index in [0.717, 1.165) is 40.0 Å². The number of amides is 1. The number of rotatable bonds is 4. The zero-order valence-corrected chi connectivity index (χ0v) is 18.6. The first-order valence-electron chi connectivity index (χ1n) is 11.5. The van der Waals surface area contributed by atoms with Crippen LogP contribution in [0.5, 0.6) is 0 Å². The van der Waals surface area contributed by atoms with E-state index in [9.17, 15) is 9.59 Å². The third kappa shape index (κ3) is 3.55. The van der Waals surface area contributed by atoms with Crippen molar-refractivity contribution in [1.82, 2.24) is 14.5 Å². The lowest BCUT2D eigenvalue weighted by Gasteiger charge is -2.31. The molecule has 3 aromatic heterocycles. The zero-order chi connectivity index (χ0) is 22.5. The van der Waals surface area contributed by atoms with Gasteiger partial charge in [0.25, 0.3) is 11.5 Å². The number of nitrogens with zero attached hydrogens (tertiary/aromatic N) is 3. The predicted molar refractivity (Wildman–Crippen MR) is 126 cm³/mol. The van der Waals surface area contributed by atoms with E-state index in [1.54, 1.807) is 6.07 Å². The number of aromatic nitrogens is 2. The second kappa shape index (κ2) is 7.73. The van der Waals surface area contributed by atoms with Crippen LogP contribution in [0.3, 0.4) is 0 Å². The van der Waals surface area contributed by atoms with Gasteiger partial charge in [-0.1, -0.05) is 18.2 Å². The average Bonchev–Trinajstić information content (AvgIpc) is 3.48. The van der Waals surface area contributed by atoms with Gasteiger partial charge in [0.05, 0.1) is 17.3 Å². The van der Waals surface area contributed by atoms with Crippen LogP contribution in [0.25, 0.3) is 22.0 Å². The Hall–Kier alpha value is -3.67. The highest BCUT2D eigenvalue weighted by atomic mass is 16.3. The van der Waals surface area contributed by atoms with Crippen molar-refractivity contribution in [3.63, 3.8) is 0 Å². The number of benzene rings is 1. The monoisotopic (exact) mass is 439 g/mol. The van der Waals surface area contributed by atoms with E-state index in [1.165, 1.54) is 25.4 Å². The van der Waals surface area contributed by atoms with Gasteiger partial charge in [0.15, 0.2) is 0 Å². The van der Waals surface area contributed by atoms with Crippen molar-refractivity contribution in [2.24, 2.45) is 5.92 Å². The maximum Gasteiger partial charge on any atom is 0.258 e. The van der Waals surface area contributed by atoms with Crippen molar-refractivity contribution in [1.29, 1.82) is 0 Å². The van der Waals surface area contributed by atoms with Crippen LogP contribution in [0, 0.1) is 12.8 Å². The van der Waals surface area contributed by atoms with Gasteiger partial charge in [0.1, 0.15) is 6.26 Å². The van der Waals surface area contributed by atoms with Crippen LogP contribution in [0.2, 0.25) is 0 Å². The van der Waals surface area contributed by atoms with Crippen molar-refractivity contribution in [2.75, 3.05) is 6.54 Å². The Kier molecular flexibility index (Phi) is 4.68. The van der Waals surface area contributed by atoms with Crippen LogP contribution >= 0.6 is 0 Å². The van der Waals surface area contributed by atoms with Gasteiger partial charge >= 0.3 is 0 Å². The molecule has 0 spiro atoms. The standard InChI is InChI=1S/C27H25N3O3/c1-17-5-8-22-21(3-2-4-24(22)28-17)23-13-20-15-29(26(31)19-10-12-33-16-19)11-9-25(20)30(27(23)32)14-18-6-7-18/h2-5,8,10,12-13,16,18H,6-7,9,11,14-15H2,1H3. The Balaban J connectivity index is 1.49. The molecule has 0 N–H and O–H groups in total. The molecule has 4 aromatic rings. The van der Waals surface area contributed by atoms with E-state index in [0.29, 0.717) is 36.6 Å². The molecule has 6 nitrogen and oxygen atoms in total. The number of pyridine rings is 2. The number of hydrogen-bond acceptors (Lipinski definition) is 4. The Morgan fingerprint density at radius 1 is 1.15 bits per heavy atom. The predicted octanol–water partition coefficient (Wildman–Crippen LogP) is 4.57. The summed E-state index contributed by atoms with van der Waals surface area (Å²) in [6.07, 6.45) is 6.04. The molecule has 6 heteroatoms. The smallest absolute Gasteiger partial charge is 0.258 e. The summed E-state index contributed by atoms with van der Waals surface area (Å²) < 4.78 is 7.10. The molecule has 1 aliphatic carbocycles. The maximum absolute atomic E-state index is 13.8. The first-order chi connectivity index (χ1) is 16.1. The largest absolute Gasteiger partial charge is 0.472 e. The number of fused-ring (bicyclic) bond motifs is 2. The van der Waals surface area contributed by atoms with E-state index in [-0.39, 0.29) is 11.5 Å². The Bertz CT molecular complexity index is 1430. The summed E-state index contributed by atoms with van der Waals surface area (Å²) >= 11 is 0. The highest BCUT2D eigenvalue weighted by Gasteiger charge is 2.29. The minimum Gasteiger partial charge on any atom is -0.472 e. The van der Waals surface area contributed by atoms with E-state index in [4.69, 9.17) is 4.42 Å². The fraction of sp³-hybridized carbons (Fsp3) is 0.296. The van der Waals surface area contributed by atoms with Crippen molar-refractivity contribution >= 4 is 16.8 Å². The van der Waals surface area contributed by atoms with Crippen LogP contribution in [-0.4, -0.2) is 26.9 Å². The van der Waals surface area contributed by atoms with Crippen LogP contribution in [0.4, 0.5) is 0 Å². The van der Waals surface area contributed by atoms with Crippen molar-refractivity contribution in [3.8, 4) is 11.1 Å². The number of hydrogen-bond donors (Lipinski definition) is 0. The van der Waals surface area contributed by atoms with Gasteiger partial charge in [-0.15, -0.1) is 0 Å². The average molecular weight is 440 g/mol. The number of carbonyl (C=O) groups is 1. The molecule has 1 amide bonds. The molecule has 0 bridgehead atoms. The van der Waals surface area contributed by atoms with Gasteiger partial charge in [-0.3, -0.25) is 14.6 Å². The quantitative estimate of drug-likeness (QED) is 0.467. The van der Waals surface area contributed by atoms with Gasteiger partial charge in [0.2, 0.25) is 0 Å². The molecule has 0 unspecified atom stereocenters. The summed E-state index contributed by atoms with van der Waals surface area (Å²) in [4.78, 5) is 33.2. The highest BCUT2D eigenvalue weighted by Crippen LogP contribution is 2.33. The molecule has 0 atom stereocenters. The van der Waals surface area contributed by atoms with Crippen molar-refractivity contribution in [2.45, 2.75) is 39.3 Å². The molecule has 6 rings (SSSR count). The first-order valence-corrected chi connectivity index (χ1v) is 11.5. The second-order valence-corrected chi connectivity index (χ2v) is 9.20. The lowest BCUT2D eigenvalue weighted by molar-refractivity contribution is 0.0731.